The van der Waals surface area contributed by atoms with Crippen molar-refractivity contribution in [2.24, 2.45) is 23.7 Å². The Kier molecular flexibility index (Phi) is 53.9. The summed E-state index contributed by atoms with van der Waals surface area (Å²) >= 11 is 0. The summed E-state index contributed by atoms with van der Waals surface area (Å²) in [5, 5.41) is 10.5. The van der Waals surface area contributed by atoms with E-state index in [1.807, 2.05) is 0 Å². The molecule has 0 saturated carbocycles. The first-order valence-corrected chi connectivity index (χ1v) is 36.7. The molecule has 0 rings (SSSR count). The molecule has 0 spiro atoms. The Morgan fingerprint density at radius 3 is 0.845 bits per heavy atom. The van der Waals surface area contributed by atoms with Crippen molar-refractivity contribution in [3.63, 3.8) is 0 Å². The van der Waals surface area contributed by atoms with Crippen molar-refractivity contribution in [3.05, 3.63) is 0 Å². The van der Waals surface area contributed by atoms with Crippen molar-refractivity contribution < 1.29 is 80.2 Å². The number of phosphoric ester groups is 2. The maximum absolute atomic E-state index is 13.0. The third-order valence-electron chi connectivity index (χ3n) is 15.2. The van der Waals surface area contributed by atoms with E-state index in [4.69, 9.17) is 37.0 Å². The first-order valence-electron chi connectivity index (χ1n) is 33.7. The van der Waals surface area contributed by atoms with E-state index < -0.39 is 97.5 Å². The van der Waals surface area contributed by atoms with Crippen LogP contribution in [0.1, 0.15) is 312 Å². The lowest BCUT2D eigenvalue weighted by Crippen LogP contribution is -2.30. The summed E-state index contributed by atoms with van der Waals surface area (Å²) < 4.78 is 68.0. The number of esters is 4. The average molecular weight is 1240 g/mol. The summed E-state index contributed by atoms with van der Waals surface area (Å²) in [7, 11) is -9.89. The van der Waals surface area contributed by atoms with Crippen molar-refractivity contribution in [1.29, 1.82) is 0 Å². The van der Waals surface area contributed by atoms with Gasteiger partial charge in [-0.25, -0.2) is 9.13 Å². The molecule has 0 bridgehead atoms. The van der Waals surface area contributed by atoms with Crippen molar-refractivity contribution in [2.75, 3.05) is 39.6 Å². The maximum Gasteiger partial charge on any atom is 0.472 e. The number of carbonyl (C=O) groups is 4. The minimum absolute atomic E-state index is 0.101. The molecule has 0 saturated heterocycles. The van der Waals surface area contributed by atoms with Gasteiger partial charge in [-0.1, -0.05) is 261 Å². The van der Waals surface area contributed by atoms with Crippen LogP contribution in [0.5, 0.6) is 0 Å². The molecule has 4 unspecified atom stereocenters. The summed E-state index contributed by atoms with van der Waals surface area (Å²) in [4.78, 5) is 72.2. The van der Waals surface area contributed by atoms with Gasteiger partial charge in [-0.15, -0.1) is 0 Å². The number of hydrogen-bond acceptors (Lipinski definition) is 15. The number of unbranched alkanes of at least 4 members (excludes halogenated alkanes) is 27. The Balaban J connectivity index is 5.24. The second-order valence-corrected chi connectivity index (χ2v) is 28.1. The van der Waals surface area contributed by atoms with Crippen LogP contribution in [0, 0.1) is 23.7 Å². The van der Waals surface area contributed by atoms with Gasteiger partial charge in [-0.3, -0.25) is 37.3 Å². The van der Waals surface area contributed by atoms with Gasteiger partial charge < -0.3 is 33.8 Å². The van der Waals surface area contributed by atoms with Gasteiger partial charge in [-0.05, 0) is 49.4 Å². The van der Waals surface area contributed by atoms with Crippen LogP contribution < -0.4 is 0 Å². The normalized spacial score (nSPS) is 14.7. The number of carbonyl (C=O) groups excluding carboxylic acids is 4. The molecule has 84 heavy (non-hydrogen) atoms. The van der Waals surface area contributed by atoms with E-state index in [2.05, 4.69) is 55.4 Å². The van der Waals surface area contributed by atoms with Crippen LogP contribution in [0.15, 0.2) is 0 Å². The van der Waals surface area contributed by atoms with Crippen molar-refractivity contribution >= 4 is 39.5 Å². The molecule has 0 aromatic rings. The average Bonchev–Trinajstić information content (AvgIpc) is 3.45. The van der Waals surface area contributed by atoms with E-state index in [-0.39, 0.29) is 25.7 Å². The second-order valence-electron chi connectivity index (χ2n) is 25.2. The Morgan fingerprint density at radius 1 is 0.333 bits per heavy atom. The van der Waals surface area contributed by atoms with Crippen LogP contribution in [-0.4, -0.2) is 96.7 Å². The van der Waals surface area contributed by atoms with Gasteiger partial charge >= 0.3 is 39.5 Å². The van der Waals surface area contributed by atoms with Crippen LogP contribution in [0.4, 0.5) is 0 Å². The molecule has 17 nitrogen and oxygen atoms in total. The fraction of sp³-hybridized carbons (Fsp3) is 0.938. The van der Waals surface area contributed by atoms with Gasteiger partial charge in [0.1, 0.15) is 19.3 Å². The molecule has 0 heterocycles. The molecular weight excluding hydrogens is 1110 g/mol. The summed E-state index contributed by atoms with van der Waals surface area (Å²) in [5.74, 6) is 0.760. The minimum Gasteiger partial charge on any atom is -0.462 e. The molecular formula is C65H126O17P2. The Hall–Kier alpha value is -1.94. The largest absolute Gasteiger partial charge is 0.472 e. The monoisotopic (exact) mass is 1240 g/mol. The van der Waals surface area contributed by atoms with Gasteiger partial charge in [0.05, 0.1) is 26.4 Å². The van der Waals surface area contributed by atoms with E-state index in [0.29, 0.717) is 37.5 Å². The SMILES string of the molecule is CCC(C)CCCCCCCCCCC(=O)O[C@H](COC(=O)CCCCCCCCCC(C)C)COP(=O)(O)OCC(O)COP(=O)(O)OC[C@@H](COC(=O)CCCCCCCCCCCCC(C)C)OC(=O)CCCCCCCCC(C)C. The zero-order valence-corrected chi connectivity index (χ0v) is 56.3. The third kappa shape index (κ3) is 57.8. The first kappa shape index (κ1) is 82.1. The van der Waals surface area contributed by atoms with Crippen LogP contribution in [0.3, 0.4) is 0 Å². The maximum atomic E-state index is 13.0. The number of rotatable bonds is 62. The van der Waals surface area contributed by atoms with Crippen molar-refractivity contribution in [2.45, 2.75) is 331 Å². The van der Waals surface area contributed by atoms with Crippen LogP contribution >= 0.6 is 15.6 Å². The van der Waals surface area contributed by atoms with Crippen molar-refractivity contribution in [3.8, 4) is 0 Å². The molecule has 0 amide bonds. The van der Waals surface area contributed by atoms with E-state index in [1.165, 1.54) is 109 Å². The summed E-state index contributed by atoms with van der Waals surface area (Å²) in [6, 6.07) is 0. The quantitative estimate of drug-likeness (QED) is 0.0222. The highest BCUT2D eigenvalue weighted by atomic mass is 31.2. The van der Waals surface area contributed by atoms with E-state index in [1.54, 1.807) is 0 Å². The van der Waals surface area contributed by atoms with E-state index >= 15 is 0 Å². The van der Waals surface area contributed by atoms with Crippen LogP contribution in [-0.2, 0) is 65.4 Å². The van der Waals surface area contributed by atoms with Gasteiger partial charge in [0.15, 0.2) is 12.2 Å². The van der Waals surface area contributed by atoms with Gasteiger partial charge in [0, 0.05) is 25.7 Å². The second kappa shape index (κ2) is 55.2. The lowest BCUT2D eigenvalue weighted by molar-refractivity contribution is -0.161. The lowest BCUT2D eigenvalue weighted by Gasteiger charge is -2.21. The van der Waals surface area contributed by atoms with Crippen LogP contribution in [0.2, 0.25) is 0 Å². The molecule has 0 aromatic heterocycles. The molecule has 0 aliphatic heterocycles. The predicted molar refractivity (Wildman–Crippen MR) is 335 cm³/mol. The lowest BCUT2D eigenvalue weighted by atomic mass is 9.99. The fourth-order valence-corrected chi connectivity index (χ4v) is 11.2. The van der Waals surface area contributed by atoms with Gasteiger partial charge in [0.2, 0.25) is 0 Å². The van der Waals surface area contributed by atoms with Crippen LogP contribution in [0.25, 0.3) is 0 Å². The van der Waals surface area contributed by atoms with E-state index in [0.717, 1.165) is 108 Å². The molecule has 498 valence electrons. The summed E-state index contributed by atoms with van der Waals surface area (Å²) in [6.07, 6.45) is 35.0. The van der Waals surface area contributed by atoms with Gasteiger partial charge in [0.25, 0.3) is 0 Å². The molecule has 19 heteroatoms. The Bertz CT molecular complexity index is 1680. The zero-order chi connectivity index (χ0) is 62.5. The highest BCUT2D eigenvalue weighted by Crippen LogP contribution is 2.45. The minimum atomic E-state index is -4.95. The number of hydrogen-bond donors (Lipinski definition) is 3. The predicted octanol–water partition coefficient (Wildman–Crippen LogP) is 17.8. The highest BCUT2D eigenvalue weighted by molar-refractivity contribution is 7.47. The smallest absolute Gasteiger partial charge is 0.462 e. The molecule has 0 fully saturated rings. The van der Waals surface area contributed by atoms with E-state index in [9.17, 15) is 43.2 Å². The Labute approximate surface area is 511 Å². The summed E-state index contributed by atoms with van der Waals surface area (Å²) in [6.45, 7) is 13.9. The first-order chi connectivity index (χ1) is 40.1. The zero-order valence-electron chi connectivity index (χ0n) is 54.5. The standard InChI is InChI=1S/C65H126O17P2/c1-9-58(8)44-36-28-19-14-15-21-31-39-47-64(69)81-60(51-76-63(68)46-38-30-22-16-18-26-34-42-56(4)5)53-79-83(71,72)77-49-59(66)50-78-84(73,74)80-54-61(82-65(70)48-40-32-24-23-27-35-43-57(6)7)52-75-62(67)45-37-29-20-13-11-10-12-17-25-33-41-55(2)3/h55-61,66H,9-54H2,1-8H3,(H,71,72)(H,73,74)/t58?,59?,60-,61-/m1/s1. The number of aliphatic hydroxyl groups is 1. The van der Waals surface area contributed by atoms with Crippen molar-refractivity contribution in [1.82, 2.24) is 0 Å². The number of aliphatic hydroxyl groups excluding tert-OH is 1. The molecule has 0 aromatic carbocycles. The number of ether oxygens (including phenoxy) is 4. The molecule has 3 N–H and O–H groups in total. The Morgan fingerprint density at radius 2 is 0.571 bits per heavy atom. The third-order valence-corrected chi connectivity index (χ3v) is 17.1. The van der Waals surface area contributed by atoms with Gasteiger partial charge in [-0.2, -0.15) is 0 Å². The molecule has 6 atom stereocenters. The summed E-state index contributed by atoms with van der Waals surface area (Å²) in [5.41, 5.74) is 0. The molecule has 0 aliphatic rings. The molecule has 0 radical (unpaired) electrons. The highest BCUT2D eigenvalue weighted by Gasteiger charge is 2.30. The molecule has 0 aliphatic carbocycles. The topological polar surface area (TPSA) is 237 Å². The number of phosphoric acid groups is 2. The fourth-order valence-electron chi connectivity index (χ4n) is 9.57.